The van der Waals surface area contributed by atoms with Crippen LogP contribution in [0.25, 0.3) is 0 Å². The normalized spacial score (nSPS) is 9.78. The first-order valence-corrected chi connectivity index (χ1v) is 7.69. The van der Waals surface area contributed by atoms with E-state index in [1.165, 1.54) is 11.1 Å². The average molecular weight is 306 g/mol. The molecule has 2 nitrogen and oxygen atoms in total. The Bertz CT molecular complexity index is 597. The molecular formula is C21H22O2. The second-order valence-corrected chi connectivity index (χ2v) is 5.11. The SMILES string of the molecule is OCc1ccccc1.c1ccc(COCc2ccccc2)cc1. The molecular weight excluding hydrogens is 284 g/mol. The molecule has 118 valence electrons. The quantitative estimate of drug-likeness (QED) is 0.747. The minimum Gasteiger partial charge on any atom is -0.392 e. The van der Waals surface area contributed by atoms with Crippen LogP contribution in [0, 0.1) is 0 Å². The molecule has 1 N–H and O–H groups in total. The summed E-state index contributed by atoms with van der Waals surface area (Å²) in [5, 5.41) is 8.54. The molecule has 0 heterocycles. The maximum absolute atomic E-state index is 8.54. The Morgan fingerprint density at radius 1 is 0.522 bits per heavy atom. The van der Waals surface area contributed by atoms with E-state index in [2.05, 4.69) is 24.3 Å². The van der Waals surface area contributed by atoms with E-state index in [-0.39, 0.29) is 6.61 Å². The second-order valence-electron chi connectivity index (χ2n) is 5.11. The molecule has 0 aliphatic rings. The summed E-state index contributed by atoms with van der Waals surface area (Å²) in [5.41, 5.74) is 3.40. The lowest BCUT2D eigenvalue weighted by Gasteiger charge is -2.03. The first-order valence-electron chi connectivity index (χ1n) is 7.69. The van der Waals surface area contributed by atoms with Gasteiger partial charge in [-0.2, -0.15) is 0 Å². The molecule has 0 saturated heterocycles. The number of hydrogen-bond acceptors (Lipinski definition) is 2. The Hall–Kier alpha value is -2.42. The third-order valence-electron chi connectivity index (χ3n) is 3.25. The van der Waals surface area contributed by atoms with Gasteiger partial charge in [-0.1, -0.05) is 91.0 Å². The van der Waals surface area contributed by atoms with Crippen LogP contribution in [-0.4, -0.2) is 5.11 Å². The van der Waals surface area contributed by atoms with Crippen molar-refractivity contribution in [1.82, 2.24) is 0 Å². The van der Waals surface area contributed by atoms with Crippen molar-refractivity contribution in [2.45, 2.75) is 19.8 Å². The minimum atomic E-state index is 0.140. The summed E-state index contributed by atoms with van der Waals surface area (Å²) in [5.74, 6) is 0. The van der Waals surface area contributed by atoms with E-state index in [1.54, 1.807) is 0 Å². The van der Waals surface area contributed by atoms with Crippen LogP contribution in [0.4, 0.5) is 0 Å². The Kier molecular flexibility index (Phi) is 7.61. The highest BCUT2D eigenvalue weighted by Gasteiger charge is 1.93. The Labute approximate surface area is 138 Å². The predicted octanol–water partition coefficient (Wildman–Crippen LogP) is 4.58. The van der Waals surface area contributed by atoms with Crippen molar-refractivity contribution >= 4 is 0 Å². The van der Waals surface area contributed by atoms with Gasteiger partial charge in [0.1, 0.15) is 0 Å². The highest BCUT2D eigenvalue weighted by molar-refractivity contribution is 5.15. The van der Waals surface area contributed by atoms with Gasteiger partial charge in [-0.05, 0) is 16.7 Å². The monoisotopic (exact) mass is 306 g/mol. The molecule has 0 aromatic heterocycles. The van der Waals surface area contributed by atoms with Gasteiger partial charge in [0.15, 0.2) is 0 Å². The number of hydrogen-bond donors (Lipinski definition) is 1. The number of aliphatic hydroxyl groups excluding tert-OH is 1. The van der Waals surface area contributed by atoms with E-state index >= 15 is 0 Å². The van der Waals surface area contributed by atoms with Gasteiger partial charge < -0.3 is 9.84 Å². The predicted molar refractivity (Wildman–Crippen MR) is 93.7 cm³/mol. The first-order chi connectivity index (χ1) is 11.4. The zero-order valence-corrected chi connectivity index (χ0v) is 13.1. The molecule has 0 saturated carbocycles. The van der Waals surface area contributed by atoms with E-state index in [9.17, 15) is 0 Å². The van der Waals surface area contributed by atoms with Crippen LogP contribution in [0.1, 0.15) is 16.7 Å². The number of ether oxygens (including phenoxy) is 1. The molecule has 0 amide bonds. The summed E-state index contributed by atoms with van der Waals surface area (Å²) in [6.45, 7) is 1.49. The van der Waals surface area contributed by atoms with Gasteiger partial charge in [-0.3, -0.25) is 0 Å². The smallest absolute Gasteiger partial charge is 0.0721 e. The summed E-state index contributed by atoms with van der Waals surface area (Å²) in [6, 6.07) is 30.0. The zero-order valence-electron chi connectivity index (χ0n) is 13.1. The molecule has 2 heteroatoms. The molecule has 0 fully saturated rings. The molecule has 0 aliphatic carbocycles. The van der Waals surface area contributed by atoms with Crippen molar-refractivity contribution in [3.05, 3.63) is 108 Å². The van der Waals surface area contributed by atoms with Gasteiger partial charge in [0.25, 0.3) is 0 Å². The van der Waals surface area contributed by atoms with Crippen molar-refractivity contribution in [2.75, 3.05) is 0 Å². The van der Waals surface area contributed by atoms with Gasteiger partial charge in [0.05, 0.1) is 19.8 Å². The van der Waals surface area contributed by atoms with Crippen molar-refractivity contribution < 1.29 is 9.84 Å². The van der Waals surface area contributed by atoms with Gasteiger partial charge in [0.2, 0.25) is 0 Å². The lowest BCUT2D eigenvalue weighted by molar-refractivity contribution is 0.107. The van der Waals surface area contributed by atoms with Crippen LogP contribution in [0.2, 0.25) is 0 Å². The van der Waals surface area contributed by atoms with Crippen LogP contribution in [0.5, 0.6) is 0 Å². The summed E-state index contributed by atoms with van der Waals surface area (Å²) < 4.78 is 5.61. The Balaban J connectivity index is 0.000000203. The zero-order chi connectivity index (χ0) is 16.2. The Morgan fingerprint density at radius 2 is 0.870 bits per heavy atom. The molecule has 0 bridgehead atoms. The third-order valence-corrected chi connectivity index (χ3v) is 3.25. The van der Waals surface area contributed by atoms with E-state index in [4.69, 9.17) is 9.84 Å². The minimum absolute atomic E-state index is 0.140. The molecule has 23 heavy (non-hydrogen) atoms. The van der Waals surface area contributed by atoms with Crippen LogP contribution in [0.15, 0.2) is 91.0 Å². The Morgan fingerprint density at radius 3 is 1.17 bits per heavy atom. The van der Waals surface area contributed by atoms with Gasteiger partial charge >= 0.3 is 0 Å². The van der Waals surface area contributed by atoms with Crippen LogP contribution in [0.3, 0.4) is 0 Å². The molecule has 0 unspecified atom stereocenters. The topological polar surface area (TPSA) is 29.5 Å². The van der Waals surface area contributed by atoms with Crippen LogP contribution in [-0.2, 0) is 24.6 Å². The first kappa shape index (κ1) is 16.9. The van der Waals surface area contributed by atoms with Crippen molar-refractivity contribution in [2.24, 2.45) is 0 Å². The van der Waals surface area contributed by atoms with E-state index in [0.29, 0.717) is 13.2 Å². The van der Waals surface area contributed by atoms with Gasteiger partial charge in [0, 0.05) is 0 Å². The fraction of sp³-hybridized carbons (Fsp3) is 0.143. The second kappa shape index (κ2) is 10.3. The highest BCUT2D eigenvalue weighted by atomic mass is 16.5. The van der Waals surface area contributed by atoms with Crippen molar-refractivity contribution in [1.29, 1.82) is 0 Å². The number of rotatable bonds is 5. The number of aliphatic hydroxyl groups is 1. The molecule has 0 aliphatic heterocycles. The maximum Gasteiger partial charge on any atom is 0.0721 e. The maximum atomic E-state index is 8.54. The average Bonchev–Trinajstić information content (AvgIpc) is 2.65. The lowest BCUT2D eigenvalue weighted by atomic mass is 10.2. The van der Waals surface area contributed by atoms with E-state index in [0.717, 1.165) is 5.56 Å². The summed E-state index contributed by atoms with van der Waals surface area (Å²) >= 11 is 0. The molecule has 3 aromatic rings. The fourth-order valence-corrected chi connectivity index (χ4v) is 2.02. The molecule has 3 aromatic carbocycles. The highest BCUT2D eigenvalue weighted by Crippen LogP contribution is 2.05. The summed E-state index contributed by atoms with van der Waals surface area (Å²) in [6.07, 6.45) is 0. The molecule has 0 radical (unpaired) electrons. The van der Waals surface area contributed by atoms with Crippen molar-refractivity contribution in [3.8, 4) is 0 Å². The lowest BCUT2D eigenvalue weighted by Crippen LogP contribution is -1.93. The van der Waals surface area contributed by atoms with Gasteiger partial charge in [-0.15, -0.1) is 0 Å². The van der Waals surface area contributed by atoms with Gasteiger partial charge in [-0.25, -0.2) is 0 Å². The fourth-order valence-electron chi connectivity index (χ4n) is 2.02. The van der Waals surface area contributed by atoms with Crippen molar-refractivity contribution in [3.63, 3.8) is 0 Å². The largest absolute Gasteiger partial charge is 0.392 e. The molecule has 0 spiro atoms. The molecule has 3 rings (SSSR count). The van der Waals surface area contributed by atoms with Crippen LogP contribution < -0.4 is 0 Å². The van der Waals surface area contributed by atoms with Crippen LogP contribution >= 0.6 is 0 Å². The summed E-state index contributed by atoms with van der Waals surface area (Å²) in [7, 11) is 0. The third kappa shape index (κ3) is 6.92. The van der Waals surface area contributed by atoms with E-state index < -0.39 is 0 Å². The molecule has 0 atom stereocenters. The van der Waals surface area contributed by atoms with E-state index in [1.807, 2.05) is 66.7 Å². The summed E-state index contributed by atoms with van der Waals surface area (Å²) in [4.78, 5) is 0. The number of benzene rings is 3. The standard InChI is InChI=1S/C14H14O.C7H8O/c1-3-7-13(8-4-1)11-15-12-14-9-5-2-6-10-14;8-6-7-4-2-1-3-5-7/h1-10H,11-12H2;1-5,8H,6H2.